The lowest BCUT2D eigenvalue weighted by atomic mass is 10.1. The van der Waals surface area contributed by atoms with Gasteiger partial charge in [0.2, 0.25) is 0 Å². The zero-order valence-electron chi connectivity index (χ0n) is 12.7. The molecule has 0 saturated heterocycles. The number of aromatic amines is 1. The Morgan fingerprint density at radius 1 is 1.22 bits per heavy atom. The fourth-order valence-corrected chi connectivity index (χ4v) is 2.85. The van der Waals surface area contributed by atoms with Crippen LogP contribution in [0.1, 0.15) is 23.9 Å². The molecule has 0 aliphatic rings. The van der Waals surface area contributed by atoms with Crippen molar-refractivity contribution in [3.05, 3.63) is 61.7 Å². The van der Waals surface area contributed by atoms with Crippen molar-refractivity contribution in [3.8, 4) is 5.75 Å². The molecule has 0 bridgehead atoms. The number of benzene rings is 1. The maximum absolute atomic E-state index is 12.0. The van der Waals surface area contributed by atoms with Gasteiger partial charge in [-0.1, -0.05) is 30.1 Å². The molecule has 3 rings (SSSR count). The van der Waals surface area contributed by atoms with Crippen LogP contribution in [-0.4, -0.2) is 4.98 Å². The Bertz CT molecular complexity index is 888. The number of pyridine rings is 1. The third-order valence-corrected chi connectivity index (χ3v) is 4.32. The van der Waals surface area contributed by atoms with E-state index in [0.717, 1.165) is 23.1 Å². The Morgan fingerprint density at radius 2 is 1.96 bits per heavy atom. The molecular weight excluding hydrogens is 337 g/mol. The summed E-state index contributed by atoms with van der Waals surface area (Å²) < 4.78 is 11.3. The fourth-order valence-electron chi connectivity index (χ4n) is 2.45. The SMILES string of the molecule is CCc1cc(OCc2cc3c(Cl)ccc(Cl)c3o2)c(=O)[nH]c1C. The van der Waals surface area contributed by atoms with Gasteiger partial charge in [0.15, 0.2) is 11.3 Å². The van der Waals surface area contributed by atoms with E-state index in [0.29, 0.717) is 21.4 Å². The summed E-state index contributed by atoms with van der Waals surface area (Å²) in [5.74, 6) is 0.818. The number of aromatic nitrogens is 1. The van der Waals surface area contributed by atoms with E-state index in [1.165, 1.54) is 0 Å². The van der Waals surface area contributed by atoms with Gasteiger partial charge in [0.1, 0.15) is 12.4 Å². The Morgan fingerprint density at radius 3 is 2.65 bits per heavy atom. The minimum absolute atomic E-state index is 0.122. The van der Waals surface area contributed by atoms with Crippen LogP contribution in [-0.2, 0) is 13.0 Å². The molecule has 0 fully saturated rings. The summed E-state index contributed by atoms with van der Waals surface area (Å²) in [7, 11) is 0. The van der Waals surface area contributed by atoms with Gasteiger partial charge in [-0.15, -0.1) is 0 Å². The van der Waals surface area contributed by atoms with E-state index in [-0.39, 0.29) is 17.9 Å². The van der Waals surface area contributed by atoms with E-state index in [4.69, 9.17) is 32.4 Å². The molecule has 0 amide bonds. The van der Waals surface area contributed by atoms with Crippen molar-refractivity contribution in [1.82, 2.24) is 4.98 Å². The van der Waals surface area contributed by atoms with Crippen LogP contribution >= 0.6 is 23.2 Å². The van der Waals surface area contributed by atoms with E-state index >= 15 is 0 Å². The number of nitrogens with one attached hydrogen (secondary N) is 1. The van der Waals surface area contributed by atoms with Crippen molar-refractivity contribution in [2.24, 2.45) is 0 Å². The summed E-state index contributed by atoms with van der Waals surface area (Å²) in [5.41, 5.74) is 2.15. The van der Waals surface area contributed by atoms with Crippen LogP contribution in [0.15, 0.2) is 33.5 Å². The van der Waals surface area contributed by atoms with Crippen LogP contribution in [0.3, 0.4) is 0 Å². The van der Waals surface area contributed by atoms with Crippen molar-refractivity contribution in [2.75, 3.05) is 0 Å². The Labute approximate surface area is 143 Å². The van der Waals surface area contributed by atoms with Gasteiger partial charge in [-0.2, -0.15) is 0 Å². The van der Waals surface area contributed by atoms with Crippen LogP contribution in [0.5, 0.6) is 5.75 Å². The van der Waals surface area contributed by atoms with Gasteiger partial charge in [-0.25, -0.2) is 0 Å². The lowest BCUT2D eigenvalue weighted by Gasteiger charge is -2.07. The van der Waals surface area contributed by atoms with E-state index in [1.807, 2.05) is 13.8 Å². The summed E-state index contributed by atoms with van der Waals surface area (Å²) in [4.78, 5) is 14.7. The molecule has 2 aromatic heterocycles. The summed E-state index contributed by atoms with van der Waals surface area (Å²) >= 11 is 12.2. The van der Waals surface area contributed by atoms with Crippen LogP contribution in [0, 0.1) is 6.92 Å². The zero-order valence-corrected chi connectivity index (χ0v) is 14.2. The van der Waals surface area contributed by atoms with Gasteiger partial charge >= 0.3 is 0 Å². The second kappa shape index (κ2) is 6.30. The first-order valence-electron chi connectivity index (χ1n) is 7.21. The third kappa shape index (κ3) is 3.09. The number of rotatable bonds is 4. The molecule has 4 nitrogen and oxygen atoms in total. The van der Waals surface area contributed by atoms with Gasteiger partial charge in [-0.05, 0) is 43.2 Å². The molecule has 0 saturated carbocycles. The maximum atomic E-state index is 12.0. The highest BCUT2D eigenvalue weighted by atomic mass is 35.5. The normalized spacial score (nSPS) is 11.1. The summed E-state index contributed by atoms with van der Waals surface area (Å²) in [6.45, 7) is 4.01. The molecule has 0 radical (unpaired) electrons. The predicted octanol–water partition coefficient (Wildman–Crippen LogP) is 4.88. The molecule has 120 valence electrons. The number of hydrogen-bond acceptors (Lipinski definition) is 3. The topological polar surface area (TPSA) is 55.2 Å². The number of ether oxygens (including phenoxy) is 1. The van der Waals surface area contributed by atoms with E-state index < -0.39 is 0 Å². The summed E-state index contributed by atoms with van der Waals surface area (Å²) in [6.07, 6.45) is 0.814. The predicted molar refractivity (Wildman–Crippen MR) is 91.7 cm³/mol. The molecule has 3 aromatic rings. The molecule has 0 aliphatic carbocycles. The van der Waals surface area contributed by atoms with E-state index in [2.05, 4.69) is 4.98 Å². The van der Waals surface area contributed by atoms with Crippen LogP contribution in [0.25, 0.3) is 11.0 Å². The Kier molecular flexibility index (Phi) is 4.37. The lowest BCUT2D eigenvalue weighted by molar-refractivity contribution is 0.270. The fraction of sp³-hybridized carbons (Fsp3) is 0.235. The molecule has 0 unspecified atom stereocenters. The van der Waals surface area contributed by atoms with Gasteiger partial charge in [0, 0.05) is 11.1 Å². The second-order valence-electron chi connectivity index (χ2n) is 5.24. The van der Waals surface area contributed by atoms with Crippen LogP contribution in [0.4, 0.5) is 0 Å². The highest BCUT2D eigenvalue weighted by Crippen LogP contribution is 2.32. The van der Waals surface area contributed by atoms with Crippen molar-refractivity contribution < 1.29 is 9.15 Å². The minimum atomic E-state index is -0.258. The molecular formula is C17H15Cl2NO3. The summed E-state index contributed by atoms with van der Waals surface area (Å²) in [6, 6.07) is 6.92. The number of furan rings is 1. The molecule has 2 heterocycles. The van der Waals surface area contributed by atoms with Gasteiger partial charge in [0.25, 0.3) is 5.56 Å². The molecule has 0 atom stereocenters. The highest BCUT2D eigenvalue weighted by molar-refractivity contribution is 6.39. The molecule has 0 spiro atoms. The van der Waals surface area contributed by atoms with E-state index in [9.17, 15) is 4.79 Å². The average molecular weight is 352 g/mol. The largest absolute Gasteiger partial charge is 0.480 e. The molecule has 6 heteroatoms. The van der Waals surface area contributed by atoms with Crippen molar-refractivity contribution in [2.45, 2.75) is 26.9 Å². The zero-order chi connectivity index (χ0) is 16.6. The number of hydrogen-bond donors (Lipinski definition) is 1. The second-order valence-corrected chi connectivity index (χ2v) is 6.05. The number of aryl methyl sites for hydroxylation is 2. The molecule has 23 heavy (non-hydrogen) atoms. The molecule has 1 aromatic carbocycles. The van der Waals surface area contributed by atoms with Crippen LogP contribution in [0.2, 0.25) is 10.0 Å². The number of H-pyrrole nitrogens is 1. The Balaban J connectivity index is 1.88. The quantitative estimate of drug-likeness (QED) is 0.728. The first-order valence-corrected chi connectivity index (χ1v) is 7.97. The number of fused-ring (bicyclic) bond motifs is 1. The van der Waals surface area contributed by atoms with Crippen LogP contribution < -0.4 is 10.3 Å². The van der Waals surface area contributed by atoms with Gasteiger partial charge in [0.05, 0.1) is 10.0 Å². The first-order chi connectivity index (χ1) is 11.0. The lowest BCUT2D eigenvalue weighted by Crippen LogP contribution is -2.13. The average Bonchev–Trinajstić information content (AvgIpc) is 2.96. The smallest absolute Gasteiger partial charge is 0.290 e. The van der Waals surface area contributed by atoms with Gasteiger partial charge in [-0.3, -0.25) is 4.79 Å². The standard InChI is InChI=1S/C17H15Cl2NO3/c1-3-10-6-15(17(21)20-9(10)2)22-8-11-7-12-13(18)4-5-14(19)16(12)23-11/h4-7H,3,8H2,1-2H3,(H,20,21). The van der Waals surface area contributed by atoms with Crippen molar-refractivity contribution in [1.29, 1.82) is 0 Å². The highest BCUT2D eigenvalue weighted by Gasteiger charge is 2.12. The Hall–Kier alpha value is -1.91. The van der Waals surface area contributed by atoms with E-state index in [1.54, 1.807) is 24.3 Å². The monoisotopic (exact) mass is 351 g/mol. The summed E-state index contributed by atoms with van der Waals surface area (Å²) in [5, 5.41) is 1.77. The molecule has 1 N–H and O–H groups in total. The van der Waals surface area contributed by atoms with Gasteiger partial charge < -0.3 is 14.1 Å². The minimum Gasteiger partial charge on any atom is -0.480 e. The third-order valence-electron chi connectivity index (χ3n) is 3.70. The van der Waals surface area contributed by atoms with Crippen molar-refractivity contribution >= 4 is 34.2 Å². The first kappa shape index (κ1) is 16.0. The maximum Gasteiger partial charge on any atom is 0.290 e. The van der Waals surface area contributed by atoms with Crippen molar-refractivity contribution in [3.63, 3.8) is 0 Å². The molecule has 0 aliphatic heterocycles. The number of halogens is 2.